The van der Waals surface area contributed by atoms with E-state index in [1.807, 2.05) is 83.8 Å². The summed E-state index contributed by atoms with van der Waals surface area (Å²) in [5.74, 6) is 1.24. The molecule has 1 heterocycles. The van der Waals surface area contributed by atoms with Gasteiger partial charge in [-0.2, -0.15) is 0 Å². The van der Waals surface area contributed by atoms with E-state index in [-0.39, 0.29) is 5.91 Å². The normalized spacial score (nSPS) is 11.0. The standard InChI is InChI=1S/C32H31N3O2S/c1-37-28-18-16-27(17-19-28)35-30-15-9-8-14-29(30)33-32(35)38-24-31(36)34(22-20-25-10-4-2-5-11-25)23-21-26-12-6-3-7-13-26/h2-19H,20-24H2,1H3. The Bertz CT molecular complexity index is 1420. The van der Waals surface area contributed by atoms with Gasteiger partial charge in [0.2, 0.25) is 5.91 Å². The van der Waals surface area contributed by atoms with E-state index in [2.05, 4.69) is 34.9 Å². The van der Waals surface area contributed by atoms with Crippen LogP contribution in [0, 0.1) is 0 Å². The van der Waals surface area contributed by atoms with E-state index in [1.165, 1.54) is 22.9 Å². The number of aromatic nitrogens is 2. The number of hydrogen-bond donors (Lipinski definition) is 0. The van der Waals surface area contributed by atoms with Gasteiger partial charge in [0.15, 0.2) is 5.16 Å². The number of ether oxygens (including phenoxy) is 1. The number of thioether (sulfide) groups is 1. The minimum Gasteiger partial charge on any atom is -0.497 e. The van der Waals surface area contributed by atoms with Crippen LogP contribution >= 0.6 is 11.8 Å². The SMILES string of the molecule is COc1ccc(-n2c(SCC(=O)N(CCc3ccccc3)CCc3ccccc3)nc3ccccc32)cc1. The van der Waals surface area contributed by atoms with Gasteiger partial charge in [-0.3, -0.25) is 9.36 Å². The average Bonchev–Trinajstić information content (AvgIpc) is 3.35. The number of rotatable bonds is 11. The number of para-hydroxylation sites is 2. The summed E-state index contributed by atoms with van der Waals surface area (Å²) in [5.41, 5.74) is 5.37. The molecule has 0 atom stereocenters. The Hall–Kier alpha value is -4.03. The number of benzene rings is 4. The third-order valence-corrected chi connectivity index (χ3v) is 7.49. The van der Waals surface area contributed by atoms with Crippen molar-refractivity contribution in [3.8, 4) is 11.4 Å². The first-order valence-electron chi connectivity index (χ1n) is 12.8. The lowest BCUT2D eigenvalue weighted by Gasteiger charge is -2.23. The second-order valence-corrected chi connectivity index (χ2v) is 10.00. The predicted octanol–water partition coefficient (Wildman–Crippen LogP) is 6.44. The first kappa shape index (κ1) is 25.6. The molecule has 0 unspecified atom stereocenters. The monoisotopic (exact) mass is 521 g/mol. The molecule has 0 radical (unpaired) electrons. The van der Waals surface area contributed by atoms with Crippen LogP contribution in [0.4, 0.5) is 0 Å². The van der Waals surface area contributed by atoms with Gasteiger partial charge in [-0.25, -0.2) is 4.98 Å². The van der Waals surface area contributed by atoms with E-state index in [9.17, 15) is 4.79 Å². The molecule has 6 heteroatoms. The van der Waals surface area contributed by atoms with Crippen LogP contribution in [0.25, 0.3) is 16.7 Å². The molecule has 0 saturated heterocycles. The van der Waals surface area contributed by atoms with E-state index in [4.69, 9.17) is 9.72 Å². The van der Waals surface area contributed by atoms with E-state index >= 15 is 0 Å². The molecule has 0 fully saturated rings. The van der Waals surface area contributed by atoms with Gasteiger partial charge in [0.25, 0.3) is 0 Å². The molecule has 5 nitrogen and oxygen atoms in total. The van der Waals surface area contributed by atoms with Crippen LogP contribution in [0.5, 0.6) is 5.75 Å². The molecule has 0 spiro atoms. The van der Waals surface area contributed by atoms with Gasteiger partial charge < -0.3 is 9.64 Å². The van der Waals surface area contributed by atoms with Crippen LogP contribution in [0.1, 0.15) is 11.1 Å². The van der Waals surface area contributed by atoms with Gasteiger partial charge >= 0.3 is 0 Å². The largest absolute Gasteiger partial charge is 0.497 e. The van der Waals surface area contributed by atoms with Gasteiger partial charge in [-0.05, 0) is 60.4 Å². The number of hydrogen-bond acceptors (Lipinski definition) is 4. The topological polar surface area (TPSA) is 47.4 Å². The average molecular weight is 522 g/mol. The lowest BCUT2D eigenvalue weighted by Crippen LogP contribution is -2.36. The highest BCUT2D eigenvalue weighted by Crippen LogP contribution is 2.29. The Balaban J connectivity index is 1.34. The summed E-state index contributed by atoms with van der Waals surface area (Å²) >= 11 is 1.49. The second kappa shape index (κ2) is 12.5. The van der Waals surface area contributed by atoms with E-state index in [0.29, 0.717) is 18.8 Å². The Kier molecular flexibility index (Phi) is 8.41. The fourth-order valence-electron chi connectivity index (χ4n) is 4.48. The zero-order valence-electron chi connectivity index (χ0n) is 21.5. The maximum atomic E-state index is 13.6. The number of methoxy groups -OCH3 is 1. The van der Waals surface area contributed by atoms with Crippen molar-refractivity contribution in [1.29, 1.82) is 0 Å². The second-order valence-electron chi connectivity index (χ2n) is 9.06. The number of carbonyl (C=O) groups excluding carboxylic acids is 1. The first-order valence-corrected chi connectivity index (χ1v) is 13.8. The van der Waals surface area contributed by atoms with Gasteiger partial charge in [0.1, 0.15) is 5.75 Å². The molecule has 0 bridgehead atoms. The summed E-state index contributed by atoms with van der Waals surface area (Å²) < 4.78 is 7.46. The molecule has 0 aliphatic heterocycles. The number of nitrogens with zero attached hydrogens (tertiary/aromatic N) is 3. The quantitative estimate of drug-likeness (QED) is 0.188. The highest BCUT2D eigenvalue weighted by atomic mass is 32.2. The molecule has 4 aromatic carbocycles. The Labute approximate surface area is 228 Å². The molecule has 0 aliphatic carbocycles. The van der Waals surface area contributed by atoms with Crippen LogP contribution in [0.3, 0.4) is 0 Å². The van der Waals surface area contributed by atoms with Gasteiger partial charge in [-0.15, -0.1) is 0 Å². The maximum absolute atomic E-state index is 13.6. The molecule has 38 heavy (non-hydrogen) atoms. The van der Waals surface area contributed by atoms with Crippen molar-refractivity contribution in [2.24, 2.45) is 0 Å². The summed E-state index contributed by atoms with van der Waals surface area (Å²) in [4.78, 5) is 20.4. The third kappa shape index (κ3) is 6.26. The Morgan fingerprint density at radius 2 is 1.37 bits per heavy atom. The number of imidazole rings is 1. The minimum absolute atomic E-state index is 0.121. The molecular weight excluding hydrogens is 490 g/mol. The van der Waals surface area contributed by atoms with Gasteiger partial charge in [-0.1, -0.05) is 84.6 Å². The predicted molar refractivity (Wildman–Crippen MR) is 155 cm³/mol. The summed E-state index contributed by atoms with van der Waals surface area (Å²) in [7, 11) is 1.66. The Morgan fingerprint density at radius 1 is 0.789 bits per heavy atom. The zero-order chi connectivity index (χ0) is 26.2. The van der Waals surface area contributed by atoms with Crippen molar-refractivity contribution in [1.82, 2.24) is 14.5 Å². The molecule has 0 saturated carbocycles. The van der Waals surface area contributed by atoms with Crippen LogP contribution in [-0.4, -0.2) is 46.3 Å². The highest BCUT2D eigenvalue weighted by Gasteiger charge is 2.18. The Morgan fingerprint density at radius 3 is 1.97 bits per heavy atom. The van der Waals surface area contributed by atoms with Gasteiger partial charge in [0, 0.05) is 18.8 Å². The van der Waals surface area contributed by atoms with Crippen LogP contribution < -0.4 is 4.74 Å². The first-order chi connectivity index (χ1) is 18.7. The van der Waals surface area contributed by atoms with Crippen LogP contribution in [-0.2, 0) is 17.6 Å². The van der Waals surface area contributed by atoms with Crippen molar-refractivity contribution in [2.45, 2.75) is 18.0 Å². The van der Waals surface area contributed by atoms with E-state index in [0.717, 1.165) is 40.5 Å². The molecule has 1 aromatic heterocycles. The lowest BCUT2D eigenvalue weighted by atomic mass is 10.1. The molecule has 0 N–H and O–H groups in total. The highest BCUT2D eigenvalue weighted by molar-refractivity contribution is 7.99. The van der Waals surface area contributed by atoms with Crippen LogP contribution in [0.2, 0.25) is 0 Å². The lowest BCUT2D eigenvalue weighted by molar-refractivity contribution is -0.128. The summed E-state index contributed by atoms with van der Waals surface area (Å²) in [6, 6.07) is 36.7. The minimum atomic E-state index is 0.121. The van der Waals surface area contributed by atoms with Crippen molar-refractivity contribution in [2.75, 3.05) is 26.0 Å². The smallest absolute Gasteiger partial charge is 0.233 e. The van der Waals surface area contributed by atoms with Crippen molar-refractivity contribution in [3.05, 3.63) is 120 Å². The fraction of sp³-hybridized carbons (Fsp3) is 0.188. The van der Waals surface area contributed by atoms with Gasteiger partial charge in [0.05, 0.1) is 23.9 Å². The van der Waals surface area contributed by atoms with Crippen molar-refractivity contribution in [3.63, 3.8) is 0 Å². The maximum Gasteiger partial charge on any atom is 0.233 e. The number of carbonyl (C=O) groups is 1. The van der Waals surface area contributed by atoms with E-state index in [1.54, 1.807) is 7.11 Å². The summed E-state index contributed by atoms with van der Waals surface area (Å²) in [6.45, 7) is 1.37. The zero-order valence-corrected chi connectivity index (χ0v) is 22.3. The van der Waals surface area contributed by atoms with Crippen molar-refractivity contribution < 1.29 is 9.53 Å². The van der Waals surface area contributed by atoms with E-state index < -0.39 is 0 Å². The molecular formula is C32H31N3O2S. The molecule has 1 amide bonds. The summed E-state index contributed by atoms with van der Waals surface area (Å²) in [5, 5.41) is 0.802. The number of fused-ring (bicyclic) bond motifs is 1. The molecule has 5 aromatic rings. The molecule has 0 aliphatic rings. The molecule has 192 valence electrons. The van der Waals surface area contributed by atoms with Crippen molar-refractivity contribution >= 4 is 28.7 Å². The molecule has 5 rings (SSSR count). The third-order valence-electron chi connectivity index (χ3n) is 6.56. The van der Waals surface area contributed by atoms with Crippen LogP contribution in [0.15, 0.2) is 114 Å². The fourth-order valence-corrected chi connectivity index (χ4v) is 5.41. The summed E-state index contributed by atoms with van der Waals surface area (Å²) in [6.07, 6.45) is 1.66. The number of amides is 1.